The minimum Gasteiger partial charge on any atom is -0.385 e. The standard InChI is InChI=1S/C10H22ClNO2/c1-10(11)9-12(2)5-8-14-7-4-6-13-3/h10H,4-9H2,1-3H3. The van der Waals surface area contributed by atoms with Gasteiger partial charge in [-0.2, -0.15) is 0 Å². The summed E-state index contributed by atoms with van der Waals surface area (Å²) in [6.07, 6.45) is 0.964. The number of halogens is 1. The average molecular weight is 224 g/mol. The van der Waals surface area contributed by atoms with Gasteiger partial charge < -0.3 is 14.4 Å². The molecule has 0 fully saturated rings. The number of hydrogen-bond donors (Lipinski definition) is 0. The highest BCUT2D eigenvalue weighted by molar-refractivity contribution is 6.20. The third kappa shape index (κ3) is 10.3. The molecule has 1 atom stereocenters. The Kier molecular flexibility index (Phi) is 9.83. The summed E-state index contributed by atoms with van der Waals surface area (Å²) in [6.45, 7) is 6.15. The molecule has 0 aromatic heterocycles. The molecule has 0 heterocycles. The fraction of sp³-hybridized carbons (Fsp3) is 1.00. The lowest BCUT2D eigenvalue weighted by atomic mass is 10.4. The Bertz CT molecular complexity index is 123. The van der Waals surface area contributed by atoms with Gasteiger partial charge in [-0.3, -0.25) is 0 Å². The van der Waals surface area contributed by atoms with Crippen molar-refractivity contribution in [3.8, 4) is 0 Å². The van der Waals surface area contributed by atoms with Crippen LogP contribution in [0.3, 0.4) is 0 Å². The first-order valence-electron chi connectivity index (χ1n) is 5.06. The Hall–Kier alpha value is 0.170. The summed E-state index contributed by atoms with van der Waals surface area (Å²) in [5.74, 6) is 0. The number of ether oxygens (including phenoxy) is 2. The fourth-order valence-electron chi connectivity index (χ4n) is 1.15. The van der Waals surface area contributed by atoms with Crippen LogP contribution in [-0.4, -0.2) is 57.3 Å². The van der Waals surface area contributed by atoms with E-state index < -0.39 is 0 Å². The highest BCUT2D eigenvalue weighted by Gasteiger charge is 2.02. The van der Waals surface area contributed by atoms with Gasteiger partial charge in [0.25, 0.3) is 0 Å². The number of alkyl halides is 1. The minimum atomic E-state index is 0.202. The van der Waals surface area contributed by atoms with E-state index in [-0.39, 0.29) is 5.38 Å². The Balaban J connectivity index is 3.10. The van der Waals surface area contributed by atoms with Crippen LogP contribution >= 0.6 is 11.6 Å². The van der Waals surface area contributed by atoms with Gasteiger partial charge in [0.05, 0.1) is 6.61 Å². The predicted molar refractivity (Wildman–Crippen MR) is 60.1 cm³/mol. The first-order chi connectivity index (χ1) is 6.66. The molecule has 14 heavy (non-hydrogen) atoms. The molecule has 4 heteroatoms. The van der Waals surface area contributed by atoms with Crippen LogP contribution in [0.1, 0.15) is 13.3 Å². The second kappa shape index (κ2) is 9.71. The lowest BCUT2D eigenvalue weighted by Gasteiger charge is -2.17. The van der Waals surface area contributed by atoms with E-state index in [2.05, 4.69) is 11.9 Å². The maximum absolute atomic E-state index is 5.85. The average Bonchev–Trinajstić information content (AvgIpc) is 2.10. The minimum absolute atomic E-state index is 0.202. The van der Waals surface area contributed by atoms with Crippen molar-refractivity contribution in [2.24, 2.45) is 0 Å². The molecule has 0 N–H and O–H groups in total. The highest BCUT2D eigenvalue weighted by Crippen LogP contribution is 1.96. The molecule has 3 nitrogen and oxygen atoms in total. The molecule has 0 aromatic carbocycles. The van der Waals surface area contributed by atoms with Crippen molar-refractivity contribution >= 4 is 11.6 Å². The summed E-state index contributed by atoms with van der Waals surface area (Å²) in [5, 5.41) is 0.202. The molecule has 86 valence electrons. The van der Waals surface area contributed by atoms with Gasteiger partial charge in [0.15, 0.2) is 0 Å². The third-order valence-corrected chi connectivity index (χ3v) is 1.96. The molecule has 0 aromatic rings. The van der Waals surface area contributed by atoms with Crippen LogP contribution in [0, 0.1) is 0 Å². The zero-order valence-electron chi connectivity index (χ0n) is 9.46. The highest BCUT2D eigenvalue weighted by atomic mass is 35.5. The topological polar surface area (TPSA) is 21.7 Å². The second-order valence-corrected chi connectivity index (χ2v) is 4.25. The van der Waals surface area contributed by atoms with E-state index in [1.165, 1.54) is 0 Å². The van der Waals surface area contributed by atoms with Crippen LogP contribution in [0.5, 0.6) is 0 Å². The van der Waals surface area contributed by atoms with Crippen molar-refractivity contribution in [3.05, 3.63) is 0 Å². The molecule has 0 aliphatic rings. The molecule has 0 radical (unpaired) electrons. The van der Waals surface area contributed by atoms with E-state index in [1.54, 1.807) is 7.11 Å². The van der Waals surface area contributed by atoms with Gasteiger partial charge in [0.1, 0.15) is 0 Å². The fourth-order valence-corrected chi connectivity index (χ4v) is 1.38. The number of rotatable bonds is 9. The second-order valence-electron chi connectivity index (χ2n) is 3.50. The summed E-state index contributed by atoms with van der Waals surface area (Å²) >= 11 is 5.85. The number of nitrogens with zero attached hydrogens (tertiary/aromatic N) is 1. The Morgan fingerprint density at radius 1 is 1.29 bits per heavy atom. The Morgan fingerprint density at radius 3 is 2.57 bits per heavy atom. The van der Waals surface area contributed by atoms with Crippen molar-refractivity contribution in [2.75, 3.05) is 47.1 Å². The SMILES string of the molecule is COCCCOCCN(C)CC(C)Cl. The largest absolute Gasteiger partial charge is 0.385 e. The van der Waals surface area contributed by atoms with Gasteiger partial charge in [-0.05, 0) is 20.4 Å². The molecule has 0 aliphatic heterocycles. The molecule has 0 bridgehead atoms. The summed E-state index contributed by atoms with van der Waals surface area (Å²) in [7, 11) is 3.76. The van der Waals surface area contributed by atoms with Gasteiger partial charge >= 0.3 is 0 Å². The normalized spacial score (nSPS) is 13.5. The van der Waals surface area contributed by atoms with Crippen molar-refractivity contribution < 1.29 is 9.47 Å². The van der Waals surface area contributed by atoms with Crippen LogP contribution in [0.4, 0.5) is 0 Å². The van der Waals surface area contributed by atoms with Gasteiger partial charge in [-0.1, -0.05) is 0 Å². The first kappa shape index (κ1) is 14.2. The Morgan fingerprint density at radius 2 is 2.00 bits per heavy atom. The lowest BCUT2D eigenvalue weighted by molar-refractivity contribution is 0.0890. The monoisotopic (exact) mass is 223 g/mol. The van der Waals surface area contributed by atoms with E-state index in [4.69, 9.17) is 21.1 Å². The molecule has 0 aliphatic carbocycles. The lowest BCUT2D eigenvalue weighted by Crippen LogP contribution is -2.28. The smallest absolute Gasteiger partial charge is 0.0593 e. The summed E-state index contributed by atoms with van der Waals surface area (Å²) < 4.78 is 10.3. The predicted octanol–water partition coefficient (Wildman–Crippen LogP) is 1.60. The molecular formula is C10H22ClNO2. The van der Waals surface area contributed by atoms with Crippen molar-refractivity contribution in [1.29, 1.82) is 0 Å². The summed E-state index contributed by atoms with van der Waals surface area (Å²) in [4.78, 5) is 2.17. The van der Waals surface area contributed by atoms with E-state index in [9.17, 15) is 0 Å². The molecular weight excluding hydrogens is 202 g/mol. The number of likely N-dealkylation sites (N-methyl/N-ethyl adjacent to an activating group) is 1. The summed E-state index contributed by atoms with van der Waals surface area (Å²) in [5.41, 5.74) is 0. The Labute approximate surface area is 92.3 Å². The molecule has 0 rings (SSSR count). The zero-order chi connectivity index (χ0) is 10.8. The third-order valence-electron chi connectivity index (χ3n) is 1.82. The molecule has 0 saturated heterocycles. The van der Waals surface area contributed by atoms with Crippen molar-refractivity contribution in [3.63, 3.8) is 0 Å². The maximum atomic E-state index is 5.85. The van der Waals surface area contributed by atoms with Crippen LogP contribution in [0.2, 0.25) is 0 Å². The molecule has 0 spiro atoms. The van der Waals surface area contributed by atoms with E-state index >= 15 is 0 Å². The van der Waals surface area contributed by atoms with Crippen LogP contribution in [-0.2, 0) is 9.47 Å². The van der Waals surface area contributed by atoms with Crippen LogP contribution < -0.4 is 0 Å². The maximum Gasteiger partial charge on any atom is 0.0593 e. The number of hydrogen-bond acceptors (Lipinski definition) is 3. The van der Waals surface area contributed by atoms with Gasteiger partial charge in [-0.15, -0.1) is 11.6 Å². The van der Waals surface area contributed by atoms with Gasteiger partial charge in [0.2, 0.25) is 0 Å². The van der Waals surface area contributed by atoms with Crippen molar-refractivity contribution in [2.45, 2.75) is 18.7 Å². The van der Waals surface area contributed by atoms with Crippen LogP contribution in [0.25, 0.3) is 0 Å². The molecule has 0 saturated carbocycles. The van der Waals surface area contributed by atoms with Gasteiger partial charge in [-0.25, -0.2) is 0 Å². The first-order valence-corrected chi connectivity index (χ1v) is 5.49. The summed E-state index contributed by atoms with van der Waals surface area (Å²) in [6, 6.07) is 0. The van der Waals surface area contributed by atoms with E-state index in [0.717, 1.165) is 39.3 Å². The number of methoxy groups -OCH3 is 1. The van der Waals surface area contributed by atoms with Gasteiger partial charge in [0, 0.05) is 38.8 Å². The zero-order valence-corrected chi connectivity index (χ0v) is 10.2. The molecule has 1 unspecified atom stereocenters. The van der Waals surface area contributed by atoms with E-state index in [0.29, 0.717) is 0 Å². The van der Waals surface area contributed by atoms with Crippen LogP contribution in [0.15, 0.2) is 0 Å². The quantitative estimate of drug-likeness (QED) is 0.438. The molecule has 0 amide bonds. The van der Waals surface area contributed by atoms with Crippen molar-refractivity contribution in [1.82, 2.24) is 4.90 Å². The van der Waals surface area contributed by atoms with E-state index in [1.807, 2.05) is 6.92 Å².